The number of carbonyl (C=O) groups is 2. The summed E-state index contributed by atoms with van der Waals surface area (Å²) in [5.74, 6) is -0.301. The van der Waals surface area contributed by atoms with Crippen LogP contribution in [0, 0.1) is 13.8 Å². The van der Waals surface area contributed by atoms with Crippen LogP contribution in [0.25, 0.3) is 22.3 Å². The van der Waals surface area contributed by atoms with Crippen LogP contribution < -0.4 is 16.0 Å². The molecule has 0 fully saturated rings. The molecule has 0 saturated heterocycles. The molecule has 4 aromatic rings. The van der Waals surface area contributed by atoms with E-state index in [1.165, 1.54) is 4.88 Å². The molecule has 1 aromatic carbocycles. The van der Waals surface area contributed by atoms with Crippen molar-refractivity contribution in [3.63, 3.8) is 0 Å². The van der Waals surface area contributed by atoms with E-state index in [-0.39, 0.29) is 24.0 Å². The third-order valence-electron chi connectivity index (χ3n) is 5.46. The second-order valence-corrected chi connectivity index (χ2v) is 10.5. The number of fused-ring (bicyclic) bond motifs is 1. The van der Waals surface area contributed by atoms with Crippen molar-refractivity contribution in [2.45, 2.75) is 53.6 Å². The van der Waals surface area contributed by atoms with Crippen molar-refractivity contribution in [2.75, 3.05) is 10.6 Å². The minimum atomic E-state index is -0.336. The van der Waals surface area contributed by atoms with E-state index in [4.69, 9.17) is 4.98 Å². The van der Waals surface area contributed by atoms with Gasteiger partial charge in [-0.15, -0.1) is 11.3 Å². The highest BCUT2D eigenvalue weighted by molar-refractivity contribution is 7.12. The number of pyridine rings is 1. The summed E-state index contributed by atoms with van der Waals surface area (Å²) in [4.78, 5) is 33.1. The first-order valence-corrected chi connectivity index (χ1v) is 12.4. The van der Waals surface area contributed by atoms with E-state index in [1.807, 2.05) is 44.5 Å². The maximum absolute atomic E-state index is 13.6. The predicted molar refractivity (Wildman–Crippen MR) is 142 cm³/mol. The van der Waals surface area contributed by atoms with Crippen molar-refractivity contribution in [1.29, 1.82) is 0 Å². The van der Waals surface area contributed by atoms with Gasteiger partial charge in [0.1, 0.15) is 0 Å². The lowest BCUT2D eigenvalue weighted by Crippen LogP contribution is -2.34. The SMILES string of the molecule is Cc1cc(-c2cc(C(=O)Nc3ccccc3NC(=O)NC(C)C)c3cnn(C(C)C)c3n2)c(C)s1. The lowest BCUT2D eigenvalue weighted by molar-refractivity contribution is 0.102. The summed E-state index contributed by atoms with van der Waals surface area (Å²) < 4.78 is 1.83. The molecule has 0 radical (unpaired) electrons. The van der Waals surface area contributed by atoms with E-state index in [0.29, 0.717) is 28.0 Å². The maximum atomic E-state index is 13.6. The number of nitrogens with one attached hydrogen (secondary N) is 3. The van der Waals surface area contributed by atoms with E-state index in [0.717, 1.165) is 16.1 Å². The quantitative estimate of drug-likeness (QED) is 0.302. The second kappa shape index (κ2) is 9.87. The molecule has 3 N–H and O–H groups in total. The number of aromatic nitrogens is 3. The third kappa shape index (κ3) is 5.19. The van der Waals surface area contributed by atoms with Crippen molar-refractivity contribution >= 4 is 45.7 Å². The van der Waals surface area contributed by atoms with Crippen LogP contribution >= 0.6 is 11.3 Å². The number of nitrogens with zero attached hydrogens (tertiary/aromatic N) is 3. The second-order valence-electron chi connectivity index (χ2n) is 9.06. The van der Waals surface area contributed by atoms with Crippen LogP contribution in [0.15, 0.2) is 42.6 Å². The molecule has 4 rings (SSSR count). The zero-order valence-electron chi connectivity index (χ0n) is 20.8. The fourth-order valence-electron chi connectivity index (χ4n) is 3.92. The van der Waals surface area contributed by atoms with Crippen LogP contribution in [0.3, 0.4) is 0 Å². The Bertz CT molecular complexity index is 1400. The Morgan fingerprint density at radius 2 is 1.69 bits per heavy atom. The van der Waals surface area contributed by atoms with Gasteiger partial charge in [-0.2, -0.15) is 5.10 Å². The highest BCUT2D eigenvalue weighted by atomic mass is 32.1. The van der Waals surface area contributed by atoms with Crippen molar-refractivity contribution in [2.24, 2.45) is 0 Å². The van der Waals surface area contributed by atoms with Gasteiger partial charge in [-0.3, -0.25) is 4.79 Å². The number of amides is 3. The van der Waals surface area contributed by atoms with Gasteiger partial charge in [-0.25, -0.2) is 14.5 Å². The van der Waals surface area contributed by atoms with Gasteiger partial charge in [0.05, 0.1) is 34.2 Å². The molecule has 3 aromatic heterocycles. The smallest absolute Gasteiger partial charge is 0.319 e. The number of benzene rings is 1. The molecular formula is C26H30N6O2S. The zero-order chi connectivity index (χ0) is 25.3. The lowest BCUT2D eigenvalue weighted by Gasteiger charge is -2.15. The van der Waals surface area contributed by atoms with Crippen molar-refractivity contribution in [1.82, 2.24) is 20.1 Å². The molecule has 0 aliphatic heterocycles. The van der Waals surface area contributed by atoms with Crippen LogP contribution in [0.2, 0.25) is 0 Å². The standard InChI is InChI=1S/C26H30N6O2S/c1-14(2)28-26(34)31-22-10-8-7-9-21(22)30-25(33)19-12-23(18-11-16(5)35-17(18)6)29-24-20(19)13-27-32(24)15(3)4/h7-15H,1-6H3,(H,30,33)(H2,28,31,34). The molecule has 0 spiro atoms. The van der Waals surface area contributed by atoms with Crippen LogP contribution in [0.4, 0.5) is 16.2 Å². The molecule has 35 heavy (non-hydrogen) atoms. The molecule has 0 unspecified atom stereocenters. The average Bonchev–Trinajstić information content (AvgIpc) is 3.36. The van der Waals surface area contributed by atoms with Crippen LogP contribution in [-0.2, 0) is 0 Å². The molecule has 9 heteroatoms. The topological polar surface area (TPSA) is 101 Å². The minimum Gasteiger partial charge on any atom is -0.336 e. The Hall–Kier alpha value is -3.72. The molecule has 0 aliphatic rings. The number of para-hydroxylation sites is 2. The average molecular weight is 491 g/mol. The molecule has 0 bridgehead atoms. The molecule has 182 valence electrons. The third-order valence-corrected chi connectivity index (χ3v) is 6.43. The molecule has 3 amide bonds. The number of thiophene rings is 1. The monoisotopic (exact) mass is 490 g/mol. The van der Waals surface area contributed by atoms with Crippen molar-refractivity contribution in [3.05, 3.63) is 57.9 Å². The predicted octanol–water partition coefficient (Wildman–Crippen LogP) is 6.14. The normalized spacial score (nSPS) is 11.3. The Labute approximate surface area is 208 Å². The summed E-state index contributed by atoms with van der Waals surface area (Å²) in [7, 11) is 0. The van der Waals surface area contributed by atoms with Gasteiger partial charge in [0.2, 0.25) is 0 Å². The van der Waals surface area contributed by atoms with E-state index in [1.54, 1.807) is 35.7 Å². The van der Waals surface area contributed by atoms with E-state index >= 15 is 0 Å². The summed E-state index contributed by atoms with van der Waals surface area (Å²) in [5, 5.41) is 13.8. The number of carbonyl (C=O) groups excluding carboxylic acids is 2. The molecule has 8 nitrogen and oxygen atoms in total. The van der Waals surface area contributed by atoms with Gasteiger partial charge < -0.3 is 16.0 Å². The maximum Gasteiger partial charge on any atom is 0.319 e. The number of rotatable bonds is 6. The Morgan fingerprint density at radius 3 is 2.29 bits per heavy atom. The summed E-state index contributed by atoms with van der Waals surface area (Å²) in [6, 6.07) is 10.8. The Morgan fingerprint density at radius 1 is 1.00 bits per heavy atom. The number of hydrogen-bond donors (Lipinski definition) is 3. The molecule has 0 saturated carbocycles. The summed E-state index contributed by atoms with van der Waals surface area (Å²) in [5.41, 5.74) is 3.88. The Balaban J connectivity index is 1.75. The lowest BCUT2D eigenvalue weighted by atomic mass is 10.1. The van der Waals surface area contributed by atoms with Crippen molar-refractivity contribution < 1.29 is 9.59 Å². The van der Waals surface area contributed by atoms with Crippen LogP contribution in [0.1, 0.15) is 53.8 Å². The molecule has 3 heterocycles. The summed E-state index contributed by atoms with van der Waals surface area (Å²) in [6.45, 7) is 11.9. The van der Waals surface area contributed by atoms with Crippen molar-refractivity contribution in [3.8, 4) is 11.3 Å². The largest absolute Gasteiger partial charge is 0.336 e. The minimum absolute atomic E-state index is 0.0121. The van der Waals surface area contributed by atoms with Gasteiger partial charge in [0.15, 0.2) is 5.65 Å². The highest BCUT2D eigenvalue weighted by Crippen LogP contribution is 2.33. The fraction of sp³-hybridized carbons (Fsp3) is 0.308. The molecular weight excluding hydrogens is 460 g/mol. The first-order valence-electron chi connectivity index (χ1n) is 11.6. The Kier molecular flexibility index (Phi) is 6.88. The summed E-state index contributed by atoms with van der Waals surface area (Å²) >= 11 is 1.70. The van der Waals surface area contributed by atoms with Crippen LogP contribution in [-0.4, -0.2) is 32.7 Å². The van der Waals surface area contributed by atoms with Gasteiger partial charge >= 0.3 is 6.03 Å². The van der Waals surface area contributed by atoms with Crippen LogP contribution in [0.5, 0.6) is 0 Å². The summed E-state index contributed by atoms with van der Waals surface area (Å²) in [6.07, 6.45) is 1.69. The van der Waals surface area contributed by atoms with E-state index in [2.05, 4.69) is 41.0 Å². The van der Waals surface area contributed by atoms with Gasteiger partial charge in [-0.1, -0.05) is 12.1 Å². The number of anilines is 2. The van der Waals surface area contributed by atoms with E-state index in [9.17, 15) is 9.59 Å². The number of urea groups is 1. The molecule has 0 aliphatic carbocycles. The zero-order valence-corrected chi connectivity index (χ0v) is 21.6. The first kappa shape index (κ1) is 24.4. The molecule has 0 atom stereocenters. The van der Waals surface area contributed by atoms with Gasteiger partial charge in [-0.05, 0) is 65.8 Å². The number of hydrogen-bond acceptors (Lipinski definition) is 5. The van der Waals surface area contributed by atoms with E-state index < -0.39 is 0 Å². The number of aryl methyl sites for hydroxylation is 2. The van der Waals surface area contributed by atoms with Gasteiger partial charge in [0, 0.05) is 27.4 Å². The first-order chi connectivity index (χ1) is 16.6. The van der Waals surface area contributed by atoms with Gasteiger partial charge in [0.25, 0.3) is 5.91 Å². The fourth-order valence-corrected chi connectivity index (χ4v) is 4.85. The highest BCUT2D eigenvalue weighted by Gasteiger charge is 2.21.